The zero-order chi connectivity index (χ0) is 12.4. The molecule has 6 nitrogen and oxygen atoms in total. The Morgan fingerprint density at radius 1 is 1.65 bits per heavy atom. The number of carbonyl (C=O) groups excluding carboxylic acids is 1. The Balaban J connectivity index is 2.10. The molecular weight excluding hydrogens is 238 g/mol. The van der Waals surface area contributed by atoms with Gasteiger partial charge in [0.15, 0.2) is 0 Å². The van der Waals surface area contributed by atoms with Gasteiger partial charge in [-0.05, 0) is 6.92 Å². The highest BCUT2D eigenvalue weighted by atomic mass is 32.1. The van der Waals surface area contributed by atoms with Gasteiger partial charge >= 0.3 is 0 Å². The van der Waals surface area contributed by atoms with Gasteiger partial charge in [-0.3, -0.25) is 9.48 Å². The Hall–Kier alpha value is -1.89. The highest BCUT2D eigenvalue weighted by molar-refractivity contribution is 7.07. The van der Waals surface area contributed by atoms with E-state index in [0.717, 1.165) is 5.69 Å². The molecule has 0 spiro atoms. The number of rotatable bonds is 3. The molecule has 0 saturated heterocycles. The topological polar surface area (TPSA) is 85.8 Å². The molecule has 2 heterocycles. The highest BCUT2D eigenvalue weighted by Gasteiger charge is 2.17. The summed E-state index contributed by atoms with van der Waals surface area (Å²) in [4.78, 5) is 16.0. The van der Waals surface area contributed by atoms with Crippen LogP contribution in [-0.2, 0) is 13.6 Å². The third-order valence-electron chi connectivity index (χ3n) is 2.40. The summed E-state index contributed by atoms with van der Waals surface area (Å²) in [5, 5.41) is 8.74. The SMILES string of the molecule is Cc1nn(C)c(C(=O)NCc2cscn2)c1N. The van der Waals surface area contributed by atoms with Crippen molar-refractivity contribution in [1.29, 1.82) is 0 Å². The molecule has 2 aromatic rings. The van der Waals surface area contributed by atoms with Gasteiger partial charge in [-0.2, -0.15) is 5.10 Å². The van der Waals surface area contributed by atoms with Gasteiger partial charge in [0, 0.05) is 12.4 Å². The van der Waals surface area contributed by atoms with Gasteiger partial charge in [0.05, 0.1) is 29.1 Å². The Labute approximate surface area is 102 Å². The molecule has 2 aromatic heterocycles. The van der Waals surface area contributed by atoms with E-state index in [-0.39, 0.29) is 5.91 Å². The normalized spacial score (nSPS) is 10.5. The molecule has 0 unspecified atom stereocenters. The number of nitrogens with two attached hydrogens (primary N) is 1. The molecule has 0 aliphatic heterocycles. The minimum Gasteiger partial charge on any atom is -0.395 e. The third-order valence-corrected chi connectivity index (χ3v) is 3.03. The van der Waals surface area contributed by atoms with Crippen LogP contribution in [0.2, 0.25) is 0 Å². The molecule has 0 aliphatic rings. The van der Waals surface area contributed by atoms with Crippen molar-refractivity contribution in [2.75, 3.05) is 5.73 Å². The van der Waals surface area contributed by atoms with Crippen molar-refractivity contribution in [3.05, 3.63) is 28.0 Å². The second-order valence-electron chi connectivity index (χ2n) is 3.63. The maximum Gasteiger partial charge on any atom is 0.272 e. The maximum atomic E-state index is 11.9. The monoisotopic (exact) mass is 251 g/mol. The van der Waals surface area contributed by atoms with Crippen molar-refractivity contribution >= 4 is 22.9 Å². The quantitative estimate of drug-likeness (QED) is 0.840. The highest BCUT2D eigenvalue weighted by Crippen LogP contribution is 2.15. The molecule has 0 bridgehead atoms. The molecular formula is C10H13N5OS. The summed E-state index contributed by atoms with van der Waals surface area (Å²) in [6.45, 7) is 2.17. The Morgan fingerprint density at radius 2 is 2.41 bits per heavy atom. The fourth-order valence-corrected chi connectivity index (χ4v) is 2.08. The number of nitrogens with one attached hydrogen (secondary N) is 1. The number of nitrogen functional groups attached to an aromatic ring is 1. The molecule has 0 aromatic carbocycles. The summed E-state index contributed by atoms with van der Waals surface area (Å²) >= 11 is 1.49. The largest absolute Gasteiger partial charge is 0.395 e. The average molecular weight is 251 g/mol. The number of hydrogen-bond acceptors (Lipinski definition) is 5. The van der Waals surface area contributed by atoms with E-state index in [1.807, 2.05) is 5.38 Å². The summed E-state index contributed by atoms with van der Waals surface area (Å²) in [5.41, 5.74) is 9.82. The summed E-state index contributed by atoms with van der Waals surface area (Å²) in [6.07, 6.45) is 0. The zero-order valence-corrected chi connectivity index (χ0v) is 10.4. The van der Waals surface area contributed by atoms with Crippen molar-refractivity contribution in [1.82, 2.24) is 20.1 Å². The van der Waals surface area contributed by atoms with Gasteiger partial charge < -0.3 is 11.1 Å². The van der Waals surface area contributed by atoms with E-state index in [0.29, 0.717) is 23.6 Å². The summed E-state index contributed by atoms with van der Waals surface area (Å²) in [5.74, 6) is -0.237. The Morgan fingerprint density at radius 3 is 2.94 bits per heavy atom. The summed E-state index contributed by atoms with van der Waals surface area (Å²) in [6, 6.07) is 0. The van der Waals surface area contributed by atoms with Crippen LogP contribution in [0.1, 0.15) is 21.9 Å². The molecule has 0 aliphatic carbocycles. The van der Waals surface area contributed by atoms with Gasteiger partial charge in [0.2, 0.25) is 0 Å². The lowest BCUT2D eigenvalue weighted by Gasteiger charge is -2.04. The molecule has 0 saturated carbocycles. The number of aryl methyl sites for hydroxylation is 2. The minimum absolute atomic E-state index is 0.237. The van der Waals surface area contributed by atoms with Gasteiger partial charge in [-0.25, -0.2) is 4.98 Å². The van der Waals surface area contributed by atoms with Crippen LogP contribution >= 0.6 is 11.3 Å². The van der Waals surface area contributed by atoms with Gasteiger partial charge in [-0.1, -0.05) is 0 Å². The van der Waals surface area contributed by atoms with Crippen LogP contribution in [0, 0.1) is 6.92 Å². The van der Waals surface area contributed by atoms with Gasteiger partial charge in [-0.15, -0.1) is 11.3 Å². The number of hydrogen-bond donors (Lipinski definition) is 2. The van der Waals surface area contributed by atoms with E-state index in [9.17, 15) is 4.79 Å². The van der Waals surface area contributed by atoms with E-state index in [1.165, 1.54) is 16.0 Å². The molecule has 3 N–H and O–H groups in total. The minimum atomic E-state index is -0.237. The second-order valence-corrected chi connectivity index (χ2v) is 4.35. The number of carbonyl (C=O) groups is 1. The first-order valence-electron chi connectivity index (χ1n) is 5.04. The van der Waals surface area contributed by atoms with Crippen molar-refractivity contribution in [2.24, 2.45) is 7.05 Å². The van der Waals surface area contributed by atoms with Crippen LogP contribution in [-0.4, -0.2) is 20.7 Å². The lowest BCUT2D eigenvalue weighted by molar-refractivity contribution is 0.0942. The van der Waals surface area contributed by atoms with Crippen LogP contribution in [0.3, 0.4) is 0 Å². The first-order valence-corrected chi connectivity index (χ1v) is 5.98. The fraction of sp³-hybridized carbons (Fsp3) is 0.300. The van der Waals surface area contributed by atoms with Crippen molar-refractivity contribution in [2.45, 2.75) is 13.5 Å². The molecule has 0 radical (unpaired) electrons. The molecule has 0 atom stereocenters. The number of aromatic nitrogens is 3. The van der Waals surface area contributed by atoms with E-state index >= 15 is 0 Å². The first-order chi connectivity index (χ1) is 8.09. The fourth-order valence-electron chi connectivity index (χ4n) is 1.52. The molecule has 0 fully saturated rings. The molecule has 90 valence electrons. The van der Waals surface area contributed by atoms with E-state index < -0.39 is 0 Å². The molecule has 1 amide bonds. The predicted molar refractivity (Wildman–Crippen MR) is 65.6 cm³/mol. The van der Waals surface area contributed by atoms with Gasteiger partial charge in [0.25, 0.3) is 5.91 Å². The smallest absolute Gasteiger partial charge is 0.272 e. The number of nitrogens with zero attached hydrogens (tertiary/aromatic N) is 3. The first kappa shape index (κ1) is 11.6. The lowest BCUT2D eigenvalue weighted by Crippen LogP contribution is -2.26. The summed E-state index contributed by atoms with van der Waals surface area (Å²) < 4.78 is 1.49. The number of amides is 1. The van der Waals surface area contributed by atoms with Crippen LogP contribution < -0.4 is 11.1 Å². The van der Waals surface area contributed by atoms with Gasteiger partial charge in [0.1, 0.15) is 5.69 Å². The average Bonchev–Trinajstić information content (AvgIpc) is 2.86. The Bertz CT molecular complexity index is 531. The van der Waals surface area contributed by atoms with Crippen LogP contribution in [0.15, 0.2) is 10.9 Å². The predicted octanol–water partition coefficient (Wildman–Crippen LogP) is 0.697. The summed E-state index contributed by atoms with van der Waals surface area (Å²) in [7, 11) is 1.70. The van der Waals surface area contributed by atoms with Crippen LogP contribution in [0.4, 0.5) is 5.69 Å². The molecule has 17 heavy (non-hydrogen) atoms. The van der Waals surface area contributed by atoms with Crippen molar-refractivity contribution < 1.29 is 4.79 Å². The van der Waals surface area contributed by atoms with Crippen LogP contribution in [0.5, 0.6) is 0 Å². The van der Waals surface area contributed by atoms with Crippen molar-refractivity contribution in [3.63, 3.8) is 0 Å². The standard InChI is InChI=1S/C10H13N5OS/c1-6-8(11)9(15(2)14-6)10(16)12-3-7-4-17-5-13-7/h4-5H,3,11H2,1-2H3,(H,12,16). The molecule has 7 heteroatoms. The Kier molecular flexibility index (Phi) is 3.10. The van der Waals surface area contributed by atoms with Crippen LogP contribution in [0.25, 0.3) is 0 Å². The zero-order valence-electron chi connectivity index (χ0n) is 9.60. The third kappa shape index (κ3) is 2.28. The van der Waals surface area contributed by atoms with E-state index in [2.05, 4.69) is 15.4 Å². The van der Waals surface area contributed by atoms with E-state index in [1.54, 1.807) is 19.5 Å². The lowest BCUT2D eigenvalue weighted by atomic mass is 10.3. The molecule has 2 rings (SSSR count). The van der Waals surface area contributed by atoms with Crippen molar-refractivity contribution in [3.8, 4) is 0 Å². The number of anilines is 1. The van der Waals surface area contributed by atoms with E-state index in [4.69, 9.17) is 5.73 Å². The number of thiazole rings is 1. The second kappa shape index (κ2) is 4.54. The maximum absolute atomic E-state index is 11.9.